The standard InChI is InChI=1S/C15H11F3N2O3/c1-2-7-22-14(21)10-5-3-4-6-11(10)23-13-8-12(15(16,17)18)19-9-20-13/h2-6,8-9H,1,7H2. The van der Waals surface area contributed by atoms with Gasteiger partial charge in [-0.15, -0.1) is 0 Å². The second-order valence-electron chi connectivity index (χ2n) is 4.22. The largest absolute Gasteiger partial charge is 0.458 e. The van der Waals surface area contributed by atoms with Crippen LogP contribution >= 0.6 is 0 Å². The number of halogens is 3. The maximum atomic E-state index is 12.6. The van der Waals surface area contributed by atoms with Crippen molar-refractivity contribution in [3.8, 4) is 11.6 Å². The summed E-state index contributed by atoms with van der Waals surface area (Å²) in [6.45, 7) is 3.42. The van der Waals surface area contributed by atoms with Gasteiger partial charge >= 0.3 is 12.1 Å². The van der Waals surface area contributed by atoms with Crippen molar-refractivity contribution < 1.29 is 27.4 Å². The third-order valence-corrected chi connectivity index (χ3v) is 2.59. The Morgan fingerprint density at radius 2 is 2.00 bits per heavy atom. The van der Waals surface area contributed by atoms with Crippen molar-refractivity contribution >= 4 is 5.97 Å². The smallest absolute Gasteiger partial charge is 0.433 e. The van der Waals surface area contributed by atoms with Gasteiger partial charge in [0.15, 0.2) is 5.69 Å². The van der Waals surface area contributed by atoms with Crippen LogP contribution in [0.1, 0.15) is 16.1 Å². The minimum atomic E-state index is -4.62. The molecule has 0 N–H and O–H groups in total. The van der Waals surface area contributed by atoms with Gasteiger partial charge in [0.25, 0.3) is 0 Å². The van der Waals surface area contributed by atoms with E-state index in [4.69, 9.17) is 9.47 Å². The van der Waals surface area contributed by atoms with E-state index in [-0.39, 0.29) is 23.8 Å². The Morgan fingerprint density at radius 3 is 2.70 bits per heavy atom. The van der Waals surface area contributed by atoms with E-state index >= 15 is 0 Å². The average Bonchev–Trinajstić information content (AvgIpc) is 2.52. The number of aromatic nitrogens is 2. The third kappa shape index (κ3) is 4.29. The number of esters is 1. The highest BCUT2D eigenvalue weighted by molar-refractivity contribution is 5.92. The van der Waals surface area contributed by atoms with E-state index in [2.05, 4.69) is 16.5 Å². The molecule has 0 aliphatic carbocycles. The first kappa shape index (κ1) is 16.5. The van der Waals surface area contributed by atoms with Crippen LogP contribution in [0.15, 0.2) is 49.3 Å². The van der Waals surface area contributed by atoms with Crippen molar-refractivity contribution in [1.29, 1.82) is 0 Å². The number of rotatable bonds is 5. The molecule has 0 saturated carbocycles. The highest BCUT2D eigenvalue weighted by Gasteiger charge is 2.33. The van der Waals surface area contributed by atoms with Crippen LogP contribution in [0.25, 0.3) is 0 Å². The number of carbonyl (C=O) groups excluding carboxylic acids is 1. The number of alkyl halides is 3. The van der Waals surface area contributed by atoms with Gasteiger partial charge < -0.3 is 9.47 Å². The van der Waals surface area contributed by atoms with Crippen LogP contribution in [0.4, 0.5) is 13.2 Å². The number of ether oxygens (including phenoxy) is 2. The molecule has 1 aromatic heterocycles. The van der Waals surface area contributed by atoms with E-state index in [1.807, 2.05) is 0 Å². The lowest BCUT2D eigenvalue weighted by atomic mass is 10.2. The fraction of sp³-hybridized carbons (Fsp3) is 0.133. The molecule has 0 spiro atoms. The van der Waals surface area contributed by atoms with E-state index in [1.165, 1.54) is 18.2 Å². The number of hydrogen-bond donors (Lipinski definition) is 0. The van der Waals surface area contributed by atoms with Crippen molar-refractivity contribution in [1.82, 2.24) is 9.97 Å². The summed E-state index contributed by atoms with van der Waals surface area (Å²) >= 11 is 0. The lowest BCUT2D eigenvalue weighted by molar-refractivity contribution is -0.141. The normalized spacial score (nSPS) is 10.9. The Hall–Kier alpha value is -2.90. The van der Waals surface area contributed by atoms with Gasteiger partial charge in [0.1, 0.15) is 24.2 Å². The minimum Gasteiger partial charge on any atom is -0.458 e. The van der Waals surface area contributed by atoms with E-state index in [1.54, 1.807) is 12.1 Å². The molecule has 1 aromatic carbocycles. The molecule has 0 bridgehead atoms. The molecule has 0 aliphatic heterocycles. The van der Waals surface area contributed by atoms with Crippen LogP contribution in [0.5, 0.6) is 11.6 Å². The summed E-state index contributed by atoms with van der Waals surface area (Å²) in [7, 11) is 0. The number of benzene rings is 1. The van der Waals surface area contributed by atoms with Crippen LogP contribution in [0.3, 0.4) is 0 Å². The average molecular weight is 324 g/mol. The SMILES string of the molecule is C=CCOC(=O)c1ccccc1Oc1cc(C(F)(F)F)ncn1. The highest BCUT2D eigenvalue weighted by Crippen LogP contribution is 2.30. The highest BCUT2D eigenvalue weighted by atomic mass is 19.4. The zero-order valence-corrected chi connectivity index (χ0v) is 11.7. The molecular formula is C15H11F3N2O3. The minimum absolute atomic E-state index is 0.00109. The zero-order valence-electron chi connectivity index (χ0n) is 11.7. The van der Waals surface area contributed by atoms with Gasteiger partial charge in [0, 0.05) is 6.07 Å². The van der Waals surface area contributed by atoms with Crippen LogP contribution in [-0.2, 0) is 10.9 Å². The fourth-order valence-corrected chi connectivity index (χ4v) is 1.60. The summed E-state index contributed by atoms with van der Waals surface area (Å²) in [5.74, 6) is -1.00. The van der Waals surface area contributed by atoms with Gasteiger partial charge in [-0.1, -0.05) is 24.8 Å². The topological polar surface area (TPSA) is 61.3 Å². The number of para-hydroxylation sites is 1. The van der Waals surface area contributed by atoms with Crippen LogP contribution in [0.2, 0.25) is 0 Å². The van der Waals surface area contributed by atoms with Crippen molar-refractivity contribution in [3.05, 3.63) is 60.6 Å². The maximum absolute atomic E-state index is 12.6. The van der Waals surface area contributed by atoms with Gasteiger partial charge in [-0.3, -0.25) is 0 Å². The Kier molecular flexibility index (Phi) is 4.95. The molecule has 0 radical (unpaired) electrons. The summed E-state index contributed by atoms with van der Waals surface area (Å²) in [4.78, 5) is 18.6. The number of carbonyl (C=O) groups is 1. The van der Waals surface area contributed by atoms with E-state index in [0.29, 0.717) is 6.07 Å². The lowest BCUT2D eigenvalue weighted by Crippen LogP contribution is -2.09. The lowest BCUT2D eigenvalue weighted by Gasteiger charge is -2.11. The molecule has 0 aliphatic rings. The molecule has 0 unspecified atom stereocenters. The second kappa shape index (κ2) is 6.91. The van der Waals surface area contributed by atoms with Crippen molar-refractivity contribution in [2.75, 3.05) is 6.61 Å². The Morgan fingerprint density at radius 1 is 1.26 bits per heavy atom. The summed E-state index contributed by atoms with van der Waals surface area (Å²) in [5.41, 5.74) is -1.09. The molecule has 2 rings (SSSR count). The molecule has 5 nitrogen and oxygen atoms in total. The first-order valence-electron chi connectivity index (χ1n) is 6.36. The maximum Gasteiger partial charge on any atom is 0.433 e. The Labute approximate surface area is 129 Å². The van der Waals surface area contributed by atoms with Gasteiger partial charge in [-0.25, -0.2) is 14.8 Å². The molecule has 0 saturated heterocycles. The second-order valence-corrected chi connectivity index (χ2v) is 4.22. The zero-order chi connectivity index (χ0) is 16.9. The number of nitrogens with zero attached hydrogens (tertiary/aromatic N) is 2. The molecule has 120 valence electrons. The van der Waals surface area contributed by atoms with Crippen LogP contribution < -0.4 is 4.74 Å². The molecule has 23 heavy (non-hydrogen) atoms. The van der Waals surface area contributed by atoms with Crippen LogP contribution in [0, 0.1) is 0 Å². The van der Waals surface area contributed by atoms with Gasteiger partial charge in [-0.2, -0.15) is 13.2 Å². The fourth-order valence-electron chi connectivity index (χ4n) is 1.60. The first-order chi connectivity index (χ1) is 10.9. The predicted molar refractivity (Wildman–Crippen MR) is 74.0 cm³/mol. The quantitative estimate of drug-likeness (QED) is 0.621. The van der Waals surface area contributed by atoms with E-state index < -0.39 is 17.8 Å². The van der Waals surface area contributed by atoms with Gasteiger partial charge in [0.2, 0.25) is 5.88 Å². The van der Waals surface area contributed by atoms with Crippen molar-refractivity contribution in [2.24, 2.45) is 0 Å². The third-order valence-electron chi connectivity index (χ3n) is 2.59. The van der Waals surface area contributed by atoms with Crippen molar-refractivity contribution in [3.63, 3.8) is 0 Å². The summed E-state index contributed by atoms with van der Waals surface area (Å²) in [5, 5.41) is 0. The molecule has 1 heterocycles. The van der Waals surface area contributed by atoms with Crippen molar-refractivity contribution in [2.45, 2.75) is 6.18 Å². The molecule has 0 atom stereocenters. The predicted octanol–water partition coefficient (Wildman–Crippen LogP) is 3.63. The molecule has 8 heteroatoms. The summed E-state index contributed by atoms with van der Waals surface area (Å²) in [6, 6.07) is 6.61. The Balaban J connectivity index is 2.27. The van der Waals surface area contributed by atoms with Gasteiger partial charge in [-0.05, 0) is 12.1 Å². The molecule has 2 aromatic rings. The Bertz CT molecular complexity index is 717. The summed E-state index contributed by atoms with van der Waals surface area (Å²) < 4.78 is 48.0. The molecular weight excluding hydrogens is 313 g/mol. The number of hydrogen-bond acceptors (Lipinski definition) is 5. The summed E-state index contributed by atoms with van der Waals surface area (Å²) in [6.07, 6.45) is -2.50. The first-order valence-corrected chi connectivity index (χ1v) is 6.36. The molecule has 0 fully saturated rings. The monoisotopic (exact) mass is 324 g/mol. The van der Waals surface area contributed by atoms with Gasteiger partial charge in [0.05, 0.1) is 0 Å². The van der Waals surface area contributed by atoms with E-state index in [9.17, 15) is 18.0 Å². The van der Waals surface area contributed by atoms with E-state index in [0.717, 1.165) is 6.33 Å². The molecule has 0 amide bonds. The van der Waals surface area contributed by atoms with Crippen LogP contribution in [-0.4, -0.2) is 22.5 Å².